The summed E-state index contributed by atoms with van der Waals surface area (Å²) in [7, 11) is 1.63. The molecule has 0 bridgehead atoms. The van der Waals surface area contributed by atoms with E-state index >= 15 is 0 Å². The molecule has 1 saturated heterocycles. The van der Waals surface area contributed by atoms with Crippen molar-refractivity contribution in [1.29, 1.82) is 0 Å². The summed E-state index contributed by atoms with van der Waals surface area (Å²) in [6, 6.07) is 5.91. The first-order valence-corrected chi connectivity index (χ1v) is 11.0. The second kappa shape index (κ2) is 8.83. The van der Waals surface area contributed by atoms with Crippen LogP contribution in [0.5, 0.6) is 5.75 Å². The zero-order valence-corrected chi connectivity index (χ0v) is 18.5. The number of fused-ring (bicyclic) bond motifs is 1. The molecule has 0 spiro atoms. The maximum Gasteiger partial charge on any atom is 0.407 e. The van der Waals surface area contributed by atoms with Gasteiger partial charge < -0.3 is 24.5 Å². The second-order valence-corrected chi connectivity index (χ2v) is 9.58. The molecule has 1 N–H and O–H groups in total. The van der Waals surface area contributed by atoms with Crippen LogP contribution in [0.2, 0.25) is 0 Å². The summed E-state index contributed by atoms with van der Waals surface area (Å²) in [4.78, 5) is 31.1. The number of carboxylic acid groups (broad SMARTS) is 1. The monoisotopic (exact) mass is 421 g/mol. The summed E-state index contributed by atoms with van der Waals surface area (Å²) in [5.74, 6) is 1.33. The van der Waals surface area contributed by atoms with E-state index in [1.807, 2.05) is 43.9 Å². The van der Waals surface area contributed by atoms with Gasteiger partial charge in [0.2, 0.25) is 5.91 Å². The molecule has 1 aromatic rings. The number of piperidine rings is 1. The third-order valence-electron chi connectivity index (χ3n) is 5.60. The molecule has 2 aliphatic heterocycles. The molecule has 160 valence electrons. The Labute approximate surface area is 177 Å². The summed E-state index contributed by atoms with van der Waals surface area (Å²) in [5, 5.41) is 9.62. The molecule has 0 unspecified atom stereocenters. The normalized spacial score (nSPS) is 18.5. The van der Waals surface area contributed by atoms with Gasteiger partial charge in [-0.05, 0) is 45.7 Å². The van der Waals surface area contributed by atoms with Crippen molar-refractivity contribution >= 4 is 29.4 Å². The fraction of sp³-hybridized carbons (Fsp3) is 0.619. The van der Waals surface area contributed by atoms with E-state index in [0.29, 0.717) is 12.3 Å². The average Bonchev–Trinajstić information content (AvgIpc) is 2.66. The second-order valence-electron chi connectivity index (χ2n) is 8.56. The predicted molar refractivity (Wildman–Crippen MR) is 115 cm³/mol. The van der Waals surface area contributed by atoms with E-state index in [2.05, 4.69) is 4.90 Å². The van der Waals surface area contributed by atoms with Crippen molar-refractivity contribution in [3.05, 3.63) is 18.2 Å². The highest BCUT2D eigenvalue weighted by atomic mass is 32.2. The van der Waals surface area contributed by atoms with Crippen LogP contribution < -0.4 is 9.64 Å². The molecule has 2 heterocycles. The lowest BCUT2D eigenvalue weighted by Gasteiger charge is -2.43. The van der Waals surface area contributed by atoms with E-state index < -0.39 is 11.6 Å². The molecule has 8 heteroatoms. The van der Waals surface area contributed by atoms with Crippen LogP contribution in [-0.2, 0) is 4.79 Å². The molecular weight excluding hydrogens is 390 g/mol. The predicted octanol–water partition coefficient (Wildman–Crippen LogP) is 3.38. The van der Waals surface area contributed by atoms with E-state index in [1.165, 1.54) is 0 Å². The summed E-state index contributed by atoms with van der Waals surface area (Å²) in [6.45, 7) is 8.92. The number of rotatable bonds is 5. The van der Waals surface area contributed by atoms with Gasteiger partial charge in [0.15, 0.2) is 0 Å². The quantitative estimate of drug-likeness (QED) is 0.786. The molecule has 0 atom stereocenters. The lowest BCUT2D eigenvalue weighted by atomic mass is 9.97. The Balaban J connectivity index is 1.60. The number of nitrogens with zero attached hydrogens (tertiary/aromatic N) is 3. The van der Waals surface area contributed by atoms with Gasteiger partial charge in [-0.3, -0.25) is 4.79 Å². The van der Waals surface area contributed by atoms with E-state index in [0.717, 1.165) is 48.8 Å². The van der Waals surface area contributed by atoms with Gasteiger partial charge in [-0.15, -0.1) is 11.8 Å². The minimum atomic E-state index is -0.849. The fourth-order valence-corrected chi connectivity index (χ4v) is 5.10. The van der Waals surface area contributed by atoms with Crippen molar-refractivity contribution in [3.8, 4) is 5.75 Å². The Morgan fingerprint density at radius 1 is 1.28 bits per heavy atom. The number of hydrogen-bond acceptors (Lipinski definition) is 5. The number of carbonyl (C=O) groups excluding carboxylic acids is 1. The van der Waals surface area contributed by atoms with Crippen molar-refractivity contribution in [2.75, 3.05) is 43.9 Å². The third-order valence-corrected chi connectivity index (χ3v) is 6.65. The molecular formula is C21H31N3O4S. The van der Waals surface area contributed by atoms with Crippen LogP contribution >= 0.6 is 11.8 Å². The number of methoxy groups -OCH3 is 1. The number of thioether (sulfide) groups is 1. The SMILES string of the molecule is COc1ccc2c(c1)N(CCN1CCC(N(C(=O)O)C(C)(C)C)CC1)C(=O)CS2. The van der Waals surface area contributed by atoms with Gasteiger partial charge in [-0.1, -0.05) is 0 Å². The molecule has 29 heavy (non-hydrogen) atoms. The Morgan fingerprint density at radius 3 is 2.55 bits per heavy atom. The van der Waals surface area contributed by atoms with Crippen molar-refractivity contribution in [2.45, 2.75) is 50.1 Å². The summed E-state index contributed by atoms with van der Waals surface area (Å²) in [5.41, 5.74) is 0.518. The lowest BCUT2D eigenvalue weighted by molar-refractivity contribution is -0.116. The van der Waals surface area contributed by atoms with Crippen LogP contribution in [0.3, 0.4) is 0 Å². The van der Waals surface area contributed by atoms with Crippen molar-refractivity contribution < 1.29 is 19.4 Å². The van der Waals surface area contributed by atoms with Gasteiger partial charge in [0.05, 0.1) is 18.6 Å². The molecule has 1 fully saturated rings. The van der Waals surface area contributed by atoms with Gasteiger partial charge >= 0.3 is 6.09 Å². The molecule has 0 aromatic heterocycles. The Hall–Kier alpha value is -1.93. The van der Waals surface area contributed by atoms with Crippen LogP contribution in [-0.4, -0.2) is 77.5 Å². The van der Waals surface area contributed by atoms with Crippen LogP contribution in [0.1, 0.15) is 33.6 Å². The molecule has 2 amide bonds. The van der Waals surface area contributed by atoms with Gasteiger partial charge in [-0.25, -0.2) is 4.79 Å². The molecule has 2 aliphatic rings. The van der Waals surface area contributed by atoms with Crippen LogP contribution in [0.25, 0.3) is 0 Å². The van der Waals surface area contributed by atoms with Gasteiger partial charge in [0, 0.05) is 48.7 Å². The molecule has 7 nitrogen and oxygen atoms in total. The number of carbonyl (C=O) groups is 2. The van der Waals surface area contributed by atoms with Gasteiger partial charge in [0.25, 0.3) is 0 Å². The minimum absolute atomic E-state index is 0.0433. The molecule has 0 aliphatic carbocycles. The maximum atomic E-state index is 12.5. The summed E-state index contributed by atoms with van der Waals surface area (Å²) < 4.78 is 5.33. The molecule has 1 aromatic carbocycles. The van der Waals surface area contributed by atoms with Crippen LogP contribution in [0, 0.1) is 0 Å². The topological polar surface area (TPSA) is 73.3 Å². The Bertz CT molecular complexity index is 757. The third kappa shape index (κ3) is 4.98. The number of amides is 2. The summed E-state index contributed by atoms with van der Waals surface area (Å²) >= 11 is 1.57. The highest BCUT2D eigenvalue weighted by Gasteiger charge is 2.35. The van der Waals surface area contributed by atoms with E-state index in [4.69, 9.17) is 4.74 Å². The highest BCUT2D eigenvalue weighted by Crippen LogP contribution is 2.37. The van der Waals surface area contributed by atoms with Gasteiger partial charge in [-0.2, -0.15) is 0 Å². The number of ether oxygens (including phenoxy) is 1. The first-order chi connectivity index (χ1) is 13.7. The smallest absolute Gasteiger partial charge is 0.407 e. The Kier molecular flexibility index (Phi) is 6.63. The lowest BCUT2D eigenvalue weighted by Crippen LogP contribution is -2.55. The number of hydrogen-bond donors (Lipinski definition) is 1. The van der Waals surface area contributed by atoms with Crippen molar-refractivity contribution in [1.82, 2.24) is 9.80 Å². The fourth-order valence-electron chi connectivity index (χ4n) is 4.19. The maximum absolute atomic E-state index is 12.5. The minimum Gasteiger partial charge on any atom is -0.497 e. The van der Waals surface area contributed by atoms with Crippen molar-refractivity contribution in [3.63, 3.8) is 0 Å². The first-order valence-electron chi connectivity index (χ1n) is 10.1. The molecule has 3 rings (SSSR count). The standard InChI is InChI=1S/C21H31N3O4S/c1-21(2,3)24(20(26)27)15-7-9-22(10-8-15)11-12-23-17-13-16(28-4)5-6-18(17)29-14-19(23)25/h5-6,13,15H,7-12,14H2,1-4H3,(H,26,27). The van der Waals surface area contributed by atoms with Crippen LogP contribution in [0.4, 0.5) is 10.5 Å². The van der Waals surface area contributed by atoms with Crippen LogP contribution in [0.15, 0.2) is 23.1 Å². The number of anilines is 1. The largest absolute Gasteiger partial charge is 0.497 e. The number of benzene rings is 1. The number of likely N-dealkylation sites (tertiary alicyclic amines) is 1. The van der Waals surface area contributed by atoms with E-state index in [9.17, 15) is 14.7 Å². The van der Waals surface area contributed by atoms with E-state index in [1.54, 1.807) is 23.8 Å². The zero-order valence-electron chi connectivity index (χ0n) is 17.7. The highest BCUT2D eigenvalue weighted by molar-refractivity contribution is 8.00. The van der Waals surface area contributed by atoms with Gasteiger partial charge in [0.1, 0.15) is 5.75 Å². The molecule has 0 saturated carbocycles. The average molecular weight is 422 g/mol. The summed E-state index contributed by atoms with van der Waals surface area (Å²) in [6.07, 6.45) is 0.785. The first kappa shape index (κ1) is 21.8. The zero-order chi connectivity index (χ0) is 21.2. The molecule has 0 radical (unpaired) electrons. The van der Waals surface area contributed by atoms with Crippen molar-refractivity contribution in [2.24, 2.45) is 0 Å². The Morgan fingerprint density at radius 2 is 1.97 bits per heavy atom. The van der Waals surface area contributed by atoms with E-state index in [-0.39, 0.29) is 11.9 Å².